The van der Waals surface area contributed by atoms with Crippen molar-refractivity contribution in [3.8, 4) is 0 Å². The quantitative estimate of drug-likeness (QED) is 0.826. The van der Waals surface area contributed by atoms with E-state index in [-0.39, 0.29) is 10.1 Å². The van der Waals surface area contributed by atoms with Crippen LogP contribution in [0.2, 0.25) is 0 Å². The van der Waals surface area contributed by atoms with E-state index in [1.54, 1.807) is 13.0 Å². The zero-order valence-electron chi connectivity index (χ0n) is 10.6. The molecule has 0 saturated heterocycles. The van der Waals surface area contributed by atoms with Crippen LogP contribution in [0, 0.1) is 12.8 Å². The van der Waals surface area contributed by atoms with Crippen molar-refractivity contribution >= 4 is 27.3 Å². The normalized spacial score (nSPS) is 15.3. The minimum Gasteiger partial charge on any atom is -0.368 e. The van der Waals surface area contributed by atoms with Gasteiger partial charge in [-0.2, -0.15) is 4.72 Å². The van der Waals surface area contributed by atoms with Gasteiger partial charge in [-0.1, -0.05) is 20.3 Å². The first-order valence-corrected chi connectivity index (χ1v) is 7.96. The van der Waals surface area contributed by atoms with Gasteiger partial charge in [-0.05, 0) is 25.0 Å². The molecule has 5 nitrogen and oxygen atoms in total. The monoisotopic (exact) mass is 290 g/mol. The SMILES string of the molecule is CCC(C)C(NS(=O)(=O)c1ccc(C)s1)C(N)=O. The predicted molar refractivity (Wildman–Crippen MR) is 71.8 cm³/mol. The second-order valence-electron chi connectivity index (χ2n) is 4.25. The van der Waals surface area contributed by atoms with Gasteiger partial charge in [-0.15, -0.1) is 11.3 Å². The van der Waals surface area contributed by atoms with Gasteiger partial charge in [0, 0.05) is 4.88 Å². The molecule has 2 unspecified atom stereocenters. The zero-order chi connectivity index (χ0) is 13.9. The molecule has 102 valence electrons. The van der Waals surface area contributed by atoms with Crippen LogP contribution >= 0.6 is 11.3 Å². The van der Waals surface area contributed by atoms with E-state index in [1.165, 1.54) is 17.4 Å². The lowest BCUT2D eigenvalue weighted by Gasteiger charge is -2.20. The molecule has 3 N–H and O–H groups in total. The van der Waals surface area contributed by atoms with Crippen LogP contribution in [0.15, 0.2) is 16.3 Å². The third kappa shape index (κ3) is 3.54. The van der Waals surface area contributed by atoms with Crippen LogP contribution in [0.5, 0.6) is 0 Å². The second-order valence-corrected chi connectivity index (χ2v) is 7.48. The predicted octanol–water partition coefficient (Wildman–Crippen LogP) is 1.23. The van der Waals surface area contributed by atoms with Gasteiger partial charge < -0.3 is 5.73 Å². The van der Waals surface area contributed by atoms with Crippen molar-refractivity contribution < 1.29 is 13.2 Å². The first kappa shape index (κ1) is 15.1. The molecule has 1 rings (SSSR count). The number of carbonyl (C=O) groups is 1. The molecule has 1 amide bonds. The van der Waals surface area contributed by atoms with Crippen molar-refractivity contribution in [3.05, 3.63) is 17.0 Å². The first-order chi connectivity index (χ1) is 8.27. The number of hydrogen-bond acceptors (Lipinski definition) is 4. The fourth-order valence-electron chi connectivity index (χ4n) is 1.47. The Bertz CT molecular complexity index is 522. The van der Waals surface area contributed by atoms with Crippen molar-refractivity contribution in [2.24, 2.45) is 11.7 Å². The van der Waals surface area contributed by atoms with Gasteiger partial charge >= 0.3 is 0 Å². The van der Waals surface area contributed by atoms with Crippen LogP contribution in [-0.4, -0.2) is 20.4 Å². The number of nitrogens with two attached hydrogens (primary N) is 1. The molecule has 0 saturated carbocycles. The van der Waals surface area contributed by atoms with E-state index in [9.17, 15) is 13.2 Å². The molecule has 7 heteroatoms. The number of nitrogens with one attached hydrogen (secondary N) is 1. The summed E-state index contributed by atoms with van der Waals surface area (Å²) in [7, 11) is -3.67. The lowest BCUT2D eigenvalue weighted by Crippen LogP contribution is -2.48. The van der Waals surface area contributed by atoms with Crippen molar-refractivity contribution in [3.63, 3.8) is 0 Å². The van der Waals surface area contributed by atoms with Crippen LogP contribution in [0.3, 0.4) is 0 Å². The molecular formula is C11H18N2O3S2. The Kier molecular flexibility index (Phi) is 4.89. The topological polar surface area (TPSA) is 89.3 Å². The van der Waals surface area contributed by atoms with E-state index in [2.05, 4.69) is 4.72 Å². The molecule has 1 aromatic heterocycles. The Morgan fingerprint density at radius 2 is 2.11 bits per heavy atom. The number of amides is 1. The molecule has 0 aliphatic rings. The fourth-order valence-corrected chi connectivity index (χ4v) is 4.09. The number of sulfonamides is 1. The summed E-state index contributed by atoms with van der Waals surface area (Å²) in [5.41, 5.74) is 5.24. The van der Waals surface area contributed by atoms with Crippen LogP contribution in [-0.2, 0) is 14.8 Å². The average Bonchev–Trinajstić information content (AvgIpc) is 2.72. The van der Waals surface area contributed by atoms with Gasteiger partial charge in [-0.25, -0.2) is 8.42 Å². The Labute approximate surface area is 111 Å². The Morgan fingerprint density at radius 1 is 1.50 bits per heavy atom. The lowest BCUT2D eigenvalue weighted by molar-refractivity contribution is -0.120. The van der Waals surface area contributed by atoms with Crippen molar-refractivity contribution in [2.75, 3.05) is 0 Å². The van der Waals surface area contributed by atoms with Gasteiger partial charge in [0.1, 0.15) is 10.3 Å². The maximum Gasteiger partial charge on any atom is 0.250 e. The standard InChI is InChI=1S/C11H18N2O3S2/c1-4-7(2)10(11(12)14)13-18(15,16)9-6-5-8(3)17-9/h5-7,10,13H,4H2,1-3H3,(H2,12,14). The summed E-state index contributed by atoms with van der Waals surface area (Å²) in [4.78, 5) is 12.2. The van der Waals surface area contributed by atoms with E-state index in [0.717, 1.165) is 4.88 Å². The van der Waals surface area contributed by atoms with Crippen LogP contribution in [0.1, 0.15) is 25.1 Å². The average molecular weight is 290 g/mol. The highest BCUT2D eigenvalue weighted by atomic mass is 32.2. The summed E-state index contributed by atoms with van der Waals surface area (Å²) in [6.45, 7) is 5.49. The minimum absolute atomic E-state index is 0.140. The molecule has 0 aromatic carbocycles. The third-order valence-electron chi connectivity index (χ3n) is 2.78. The van der Waals surface area contributed by atoms with Crippen molar-refractivity contribution in [2.45, 2.75) is 37.4 Å². The molecule has 0 bridgehead atoms. The largest absolute Gasteiger partial charge is 0.368 e. The van der Waals surface area contributed by atoms with Gasteiger partial charge in [0.2, 0.25) is 5.91 Å². The van der Waals surface area contributed by atoms with E-state index in [4.69, 9.17) is 5.73 Å². The highest BCUT2D eigenvalue weighted by molar-refractivity contribution is 7.91. The number of hydrogen-bond donors (Lipinski definition) is 2. The Balaban J connectivity index is 2.96. The molecule has 0 aliphatic carbocycles. The Morgan fingerprint density at radius 3 is 2.50 bits per heavy atom. The molecular weight excluding hydrogens is 272 g/mol. The summed E-state index contributed by atoms with van der Waals surface area (Å²) >= 11 is 1.17. The van der Waals surface area contributed by atoms with Gasteiger partial charge in [0.25, 0.3) is 10.0 Å². The molecule has 2 atom stereocenters. The summed E-state index contributed by atoms with van der Waals surface area (Å²) in [5.74, 6) is -0.792. The molecule has 18 heavy (non-hydrogen) atoms. The maximum atomic E-state index is 12.1. The zero-order valence-corrected chi connectivity index (χ0v) is 12.3. The number of rotatable bonds is 6. The maximum absolute atomic E-state index is 12.1. The number of carbonyl (C=O) groups excluding carboxylic acids is 1. The molecule has 0 radical (unpaired) electrons. The first-order valence-electron chi connectivity index (χ1n) is 5.66. The summed E-state index contributed by atoms with van der Waals surface area (Å²) < 4.78 is 26.7. The third-order valence-corrected chi connectivity index (χ3v) is 5.72. The van der Waals surface area contributed by atoms with Gasteiger partial charge in [0.05, 0.1) is 0 Å². The highest BCUT2D eigenvalue weighted by Gasteiger charge is 2.28. The smallest absolute Gasteiger partial charge is 0.250 e. The van der Waals surface area contributed by atoms with Crippen LogP contribution in [0.4, 0.5) is 0 Å². The number of aryl methyl sites for hydroxylation is 1. The minimum atomic E-state index is -3.67. The molecule has 1 heterocycles. The number of thiophene rings is 1. The van der Waals surface area contributed by atoms with E-state index < -0.39 is 22.0 Å². The summed E-state index contributed by atoms with van der Waals surface area (Å²) in [6.07, 6.45) is 0.666. The van der Waals surface area contributed by atoms with Crippen molar-refractivity contribution in [1.29, 1.82) is 0 Å². The van der Waals surface area contributed by atoms with Crippen LogP contribution in [0.25, 0.3) is 0 Å². The molecule has 0 aliphatic heterocycles. The van der Waals surface area contributed by atoms with Gasteiger partial charge in [-0.3, -0.25) is 4.79 Å². The van der Waals surface area contributed by atoms with Crippen molar-refractivity contribution in [1.82, 2.24) is 4.72 Å². The Hall–Kier alpha value is -0.920. The molecule has 0 spiro atoms. The fraction of sp³-hybridized carbons (Fsp3) is 0.545. The van der Waals surface area contributed by atoms with Gasteiger partial charge in [0.15, 0.2) is 0 Å². The van der Waals surface area contributed by atoms with E-state index in [1.807, 2.05) is 13.8 Å². The van der Waals surface area contributed by atoms with E-state index in [0.29, 0.717) is 6.42 Å². The highest BCUT2D eigenvalue weighted by Crippen LogP contribution is 2.21. The molecule has 0 fully saturated rings. The van der Waals surface area contributed by atoms with E-state index >= 15 is 0 Å². The summed E-state index contributed by atoms with van der Waals surface area (Å²) in [5, 5.41) is 0. The second kappa shape index (κ2) is 5.81. The number of primary amides is 1. The lowest BCUT2D eigenvalue weighted by atomic mass is 10.00. The molecule has 1 aromatic rings. The van der Waals surface area contributed by atoms with Crippen LogP contribution < -0.4 is 10.5 Å². The summed E-state index contributed by atoms with van der Waals surface area (Å²) in [6, 6.07) is 2.38.